The summed E-state index contributed by atoms with van der Waals surface area (Å²) in [5.74, 6) is 0.498. The fourth-order valence-corrected chi connectivity index (χ4v) is 5.19. The molecule has 0 saturated carbocycles. The van der Waals surface area contributed by atoms with Gasteiger partial charge in [-0.15, -0.1) is 0 Å². The molecule has 0 spiro atoms. The van der Waals surface area contributed by atoms with E-state index >= 15 is 0 Å². The predicted molar refractivity (Wildman–Crippen MR) is 140 cm³/mol. The van der Waals surface area contributed by atoms with Gasteiger partial charge in [0.15, 0.2) is 5.70 Å². The fraction of sp³-hybridized carbons (Fsp3) is 0.0435. The van der Waals surface area contributed by atoms with Gasteiger partial charge in [-0.3, -0.25) is 0 Å². The van der Waals surface area contributed by atoms with E-state index in [9.17, 15) is 4.79 Å². The molecule has 4 rings (SSSR count). The number of cyclic esters (lactones) is 1. The van der Waals surface area contributed by atoms with Gasteiger partial charge in [0.2, 0.25) is 5.90 Å². The van der Waals surface area contributed by atoms with Crippen molar-refractivity contribution in [2.24, 2.45) is 4.99 Å². The average Bonchev–Trinajstić information content (AvgIpc) is 3.08. The number of halogens is 4. The van der Waals surface area contributed by atoms with Gasteiger partial charge < -0.3 is 9.47 Å². The maximum atomic E-state index is 12.3. The Hall–Kier alpha value is -1.49. The van der Waals surface area contributed by atoms with Crippen LogP contribution in [0.5, 0.6) is 5.75 Å². The molecule has 156 valence electrons. The number of aliphatic imine (C=N–C) groups is 1. The Morgan fingerprint density at radius 2 is 1.71 bits per heavy atom. The summed E-state index contributed by atoms with van der Waals surface area (Å²) in [7, 11) is 0. The molecule has 0 bridgehead atoms. The molecule has 0 aliphatic carbocycles. The van der Waals surface area contributed by atoms with Crippen LogP contribution in [-0.4, -0.2) is 11.9 Å². The van der Waals surface area contributed by atoms with E-state index in [1.807, 2.05) is 54.6 Å². The van der Waals surface area contributed by atoms with Crippen LogP contribution in [0.4, 0.5) is 0 Å². The normalized spacial score (nSPS) is 14.5. The van der Waals surface area contributed by atoms with Crippen molar-refractivity contribution in [3.63, 3.8) is 0 Å². The van der Waals surface area contributed by atoms with Crippen LogP contribution in [0.3, 0.4) is 0 Å². The molecular weight excluding hydrogens is 705 g/mol. The van der Waals surface area contributed by atoms with E-state index in [0.29, 0.717) is 18.3 Å². The minimum absolute atomic E-state index is 0.240. The van der Waals surface area contributed by atoms with Crippen molar-refractivity contribution in [3.05, 3.63) is 100 Å². The largest absolute Gasteiger partial charge is 0.487 e. The van der Waals surface area contributed by atoms with E-state index < -0.39 is 5.97 Å². The maximum absolute atomic E-state index is 12.3. The Morgan fingerprint density at radius 3 is 2.39 bits per heavy atom. The highest BCUT2D eigenvalue weighted by molar-refractivity contribution is 14.1. The van der Waals surface area contributed by atoms with Gasteiger partial charge >= 0.3 is 5.97 Å². The van der Waals surface area contributed by atoms with Gasteiger partial charge in [-0.25, -0.2) is 9.79 Å². The second-order valence-electron chi connectivity index (χ2n) is 6.58. The van der Waals surface area contributed by atoms with Gasteiger partial charge in [0.25, 0.3) is 0 Å². The summed E-state index contributed by atoms with van der Waals surface area (Å²) >= 11 is 12.8. The van der Waals surface area contributed by atoms with Crippen LogP contribution < -0.4 is 4.74 Å². The first-order chi connectivity index (χ1) is 14.9. The molecule has 8 heteroatoms. The van der Waals surface area contributed by atoms with E-state index in [4.69, 9.17) is 9.47 Å². The summed E-state index contributed by atoms with van der Waals surface area (Å²) in [4.78, 5) is 16.6. The molecule has 1 heterocycles. The van der Waals surface area contributed by atoms with Crippen molar-refractivity contribution in [1.82, 2.24) is 0 Å². The predicted octanol–water partition coefficient (Wildman–Crippen LogP) is 7.50. The highest BCUT2D eigenvalue weighted by Crippen LogP contribution is 2.36. The Kier molecular flexibility index (Phi) is 7.30. The molecule has 0 N–H and O–H groups in total. The molecular formula is C23H13Br3INO3. The summed E-state index contributed by atoms with van der Waals surface area (Å²) < 4.78 is 15.0. The molecule has 0 radical (unpaired) electrons. The molecule has 0 fully saturated rings. The summed E-state index contributed by atoms with van der Waals surface area (Å²) in [5, 5.41) is 0. The van der Waals surface area contributed by atoms with E-state index in [0.717, 1.165) is 33.7 Å². The van der Waals surface area contributed by atoms with Crippen molar-refractivity contribution in [1.29, 1.82) is 0 Å². The minimum Gasteiger partial charge on any atom is -0.487 e. The van der Waals surface area contributed by atoms with Crippen LogP contribution in [0.2, 0.25) is 0 Å². The van der Waals surface area contributed by atoms with Crippen molar-refractivity contribution in [2.45, 2.75) is 6.61 Å². The fourth-order valence-electron chi connectivity index (χ4n) is 2.87. The van der Waals surface area contributed by atoms with Gasteiger partial charge in [0.05, 0.1) is 8.95 Å². The second-order valence-corrected chi connectivity index (χ2v) is 10.4. The number of hydrogen-bond donors (Lipinski definition) is 0. The lowest BCUT2D eigenvalue weighted by Crippen LogP contribution is -2.05. The van der Waals surface area contributed by atoms with Crippen LogP contribution in [0.25, 0.3) is 6.08 Å². The molecule has 0 atom stereocenters. The number of esters is 1. The number of nitrogens with zero attached hydrogens (tertiary/aromatic N) is 1. The third-order valence-corrected chi connectivity index (χ3v) is 6.69. The van der Waals surface area contributed by atoms with Crippen LogP contribution in [0.1, 0.15) is 16.7 Å². The quantitative estimate of drug-likeness (QED) is 0.156. The third-order valence-electron chi connectivity index (χ3n) is 4.31. The van der Waals surface area contributed by atoms with E-state index in [1.165, 1.54) is 0 Å². The van der Waals surface area contributed by atoms with Gasteiger partial charge in [-0.05, 0) is 120 Å². The molecule has 1 aliphatic heterocycles. The van der Waals surface area contributed by atoms with E-state index in [1.54, 1.807) is 6.08 Å². The molecule has 3 aromatic rings. The van der Waals surface area contributed by atoms with Crippen LogP contribution in [0, 0.1) is 3.57 Å². The van der Waals surface area contributed by atoms with E-state index in [2.05, 4.69) is 81.4 Å². The zero-order valence-electron chi connectivity index (χ0n) is 15.7. The maximum Gasteiger partial charge on any atom is 0.363 e. The molecule has 3 aromatic carbocycles. The van der Waals surface area contributed by atoms with Crippen molar-refractivity contribution < 1.29 is 14.3 Å². The summed E-state index contributed by atoms with van der Waals surface area (Å²) in [6.07, 6.45) is 1.69. The minimum atomic E-state index is -0.482. The van der Waals surface area contributed by atoms with Crippen LogP contribution >= 0.6 is 70.4 Å². The Labute approximate surface area is 218 Å². The van der Waals surface area contributed by atoms with Crippen molar-refractivity contribution in [3.8, 4) is 5.75 Å². The van der Waals surface area contributed by atoms with Gasteiger partial charge in [-0.1, -0.05) is 28.1 Å². The van der Waals surface area contributed by atoms with Crippen molar-refractivity contribution >= 4 is 88.3 Å². The first kappa shape index (κ1) is 22.7. The first-order valence-electron chi connectivity index (χ1n) is 9.04. The molecule has 0 saturated heterocycles. The highest BCUT2D eigenvalue weighted by atomic mass is 127. The van der Waals surface area contributed by atoms with Crippen molar-refractivity contribution in [2.75, 3.05) is 0 Å². The number of ether oxygens (including phenoxy) is 2. The summed E-state index contributed by atoms with van der Waals surface area (Å²) in [6, 6.07) is 19.3. The van der Waals surface area contributed by atoms with E-state index in [-0.39, 0.29) is 5.70 Å². The molecule has 0 aromatic heterocycles. The molecule has 0 unspecified atom stereocenters. The number of carbonyl (C=O) groups is 1. The Bertz CT molecular complexity index is 1200. The lowest BCUT2D eigenvalue weighted by atomic mass is 10.2. The number of rotatable bonds is 5. The average molecular weight is 718 g/mol. The van der Waals surface area contributed by atoms with Gasteiger partial charge in [0.1, 0.15) is 12.4 Å². The number of carbonyl (C=O) groups excluding carboxylic acids is 1. The topological polar surface area (TPSA) is 47.9 Å². The second kappa shape index (κ2) is 9.97. The molecule has 0 amide bonds. The Morgan fingerprint density at radius 1 is 1.00 bits per heavy atom. The zero-order valence-corrected chi connectivity index (χ0v) is 22.7. The highest BCUT2D eigenvalue weighted by Gasteiger charge is 2.24. The van der Waals surface area contributed by atoms with Crippen LogP contribution in [-0.2, 0) is 16.1 Å². The summed E-state index contributed by atoms with van der Waals surface area (Å²) in [5.41, 5.74) is 2.85. The van der Waals surface area contributed by atoms with Crippen LogP contribution in [0.15, 0.2) is 84.8 Å². The molecule has 4 nitrogen and oxygen atoms in total. The lowest BCUT2D eigenvalue weighted by molar-refractivity contribution is -0.129. The summed E-state index contributed by atoms with van der Waals surface area (Å²) in [6.45, 7) is 0.446. The SMILES string of the molecule is O=C1OC(c2ccc(Br)cc2)=N/C1=C\c1cc(Br)c(OCc2cccc(I)c2)c(Br)c1. The molecule has 1 aliphatic rings. The van der Waals surface area contributed by atoms with Gasteiger partial charge in [-0.2, -0.15) is 0 Å². The monoisotopic (exact) mass is 715 g/mol. The standard InChI is InChI=1S/C23H13Br3INO3/c24-16-6-4-15(5-7-16)22-28-20(23(29)31-22)11-14-9-18(25)21(19(26)10-14)30-12-13-2-1-3-17(27)8-13/h1-11H,12H2/b20-11-. The Balaban J connectivity index is 1.55. The molecule has 31 heavy (non-hydrogen) atoms. The lowest BCUT2D eigenvalue weighted by Gasteiger charge is -2.12. The number of benzene rings is 3. The first-order valence-corrected chi connectivity index (χ1v) is 12.5. The smallest absolute Gasteiger partial charge is 0.363 e. The third kappa shape index (κ3) is 5.66. The van der Waals surface area contributed by atoms with Gasteiger partial charge in [0, 0.05) is 13.6 Å². The number of hydrogen-bond acceptors (Lipinski definition) is 4. The zero-order chi connectivity index (χ0) is 22.0.